The van der Waals surface area contributed by atoms with Gasteiger partial charge in [0.15, 0.2) is 0 Å². The van der Waals surface area contributed by atoms with E-state index in [1.807, 2.05) is 0 Å². The van der Waals surface area contributed by atoms with Crippen LogP contribution in [-0.2, 0) is 0 Å². The summed E-state index contributed by atoms with van der Waals surface area (Å²) < 4.78 is 0. The maximum absolute atomic E-state index is 2.62. The molecule has 0 nitrogen and oxygen atoms in total. The molecule has 0 aromatic rings. The van der Waals surface area contributed by atoms with Crippen LogP contribution in [0.15, 0.2) is 11.6 Å². The zero-order valence-electron chi connectivity index (χ0n) is 13.5. The molecule has 0 radical (unpaired) electrons. The molecule has 0 N–H and O–H groups in total. The van der Waals surface area contributed by atoms with Gasteiger partial charge in [0.05, 0.1) is 0 Å². The van der Waals surface area contributed by atoms with Crippen molar-refractivity contribution in [3.63, 3.8) is 0 Å². The first-order valence-corrected chi connectivity index (χ1v) is 8.88. The van der Waals surface area contributed by atoms with Gasteiger partial charge in [0.1, 0.15) is 0 Å². The number of hydrogen-bond acceptors (Lipinski definition) is 0. The van der Waals surface area contributed by atoms with Crippen molar-refractivity contribution >= 4 is 0 Å². The van der Waals surface area contributed by atoms with Gasteiger partial charge in [-0.3, -0.25) is 0 Å². The highest BCUT2D eigenvalue weighted by atomic mass is 14.4. The number of unbranched alkanes of at least 4 members (excludes halogenated alkanes) is 2. The highest BCUT2D eigenvalue weighted by Gasteiger charge is 2.31. The summed E-state index contributed by atoms with van der Waals surface area (Å²) in [6, 6.07) is 0. The normalized spacial score (nSPS) is 36.1. The molecule has 0 spiro atoms. The van der Waals surface area contributed by atoms with Gasteiger partial charge in [-0.25, -0.2) is 0 Å². The highest BCUT2D eigenvalue weighted by molar-refractivity contribution is 5.09. The van der Waals surface area contributed by atoms with E-state index in [9.17, 15) is 0 Å². The molecule has 0 saturated heterocycles. The second-order valence-corrected chi connectivity index (χ2v) is 7.43. The van der Waals surface area contributed by atoms with Crippen molar-refractivity contribution in [2.45, 2.75) is 85.0 Å². The maximum Gasteiger partial charge on any atom is -0.0292 e. The molecule has 19 heavy (non-hydrogen) atoms. The first-order chi connectivity index (χ1) is 9.20. The van der Waals surface area contributed by atoms with Crippen LogP contribution in [0.1, 0.15) is 85.0 Å². The first kappa shape index (κ1) is 15.1. The minimum absolute atomic E-state index is 0.942. The minimum Gasteiger partial charge on any atom is -0.0850 e. The second kappa shape index (κ2) is 7.50. The molecule has 0 heteroatoms. The van der Waals surface area contributed by atoms with Crippen LogP contribution in [-0.4, -0.2) is 0 Å². The van der Waals surface area contributed by atoms with E-state index in [1.54, 1.807) is 5.57 Å². The van der Waals surface area contributed by atoms with E-state index in [0.29, 0.717) is 0 Å². The predicted octanol–water partition coefficient (Wildman–Crippen LogP) is 6.37. The van der Waals surface area contributed by atoms with Crippen LogP contribution in [0.3, 0.4) is 0 Å². The fourth-order valence-corrected chi connectivity index (χ4v) is 4.52. The summed E-state index contributed by atoms with van der Waals surface area (Å²) in [6.07, 6.45) is 17.0. The molecule has 4 unspecified atom stereocenters. The first-order valence-electron chi connectivity index (χ1n) is 8.88. The number of allylic oxidation sites excluding steroid dienone is 2. The van der Waals surface area contributed by atoms with E-state index in [-0.39, 0.29) is 0 Å². The summed E-state index contributed by atoms with van der Waals surface area (Å²) in [4.78, 5) is 0. The third kappa shape index (κ3) is 4.36. The van der Waals surface area contributed by atoms with Crippen molar-refractivity contribution in [3.05, 3.63) is 11.6 Å². The van der Waals surface area contributed by atoms with Crippen molar-refractivity contribution in [3.8, 4) is 0 Å². The maximum atomic E-state index is 2.62. The predicted molar refractivity (Wildman–Crippen MR) is 85.2 cm³/mol. The van der Waals surface area contributed by atoms with Crippen LogP contribution in [0.5, 0.6) is 0 Å². The molecule has 0 heterocycles. The van der Waals surface area contributed by atoms with Crippen molar-refractivity contribution in [1.82, 2.24) is 0 Å². The molecule has 110 valence electrons. The van der Waals surface area contributed by atoms with Crippen LogP contribution in [0.4, 0.5) is 0 Å². The molecule has 2 aliphatic rings. The van der Waals surface area contributed by atoms with Gasteiger partial charge < -0.3 is 0 Å². The summed E-state index contributed by atoms with van der Waals surface area (Å²) in [5.41, 5.74) is 1.78. The zero-order chi connectivity index (χ0) is 13.7. The SMILES string of the molecule is CCCCCC1=CCC(C2CCCC(C)C2)C(C)C1. The quantitative estimate of drug-likeness (QED) is 0.399. The Labute approximate surface area is 121 Å². The molecule has 4 atom stereocenters. The Morgan fingerprint density at radius 3 is 2.68 bits per heavy atom. The van der Waals surface area contributed by atoms with E-state index in [4.69, 9.17) is 0 Å². The largest absolute Gasteiger partial charge is 0.0850 e. The van der Waals surface area contributed by atoms with E-state index < -0.39 is 0 Å². The molecule has 0 aliphatic heterocycles. The topological polar surface area (TPSA) is 0 Å². The van der Waals surface area contributed by atoms with Crippen LogP contribution < -0.4 is 0 Å². The molecule has 0 amide bonds. The lowest BCUT2D eigenvalue weighted by molar-refractivity contribution is 0.151. The molecule has 1 saturated carbocycles. The summed E-state index contributed by atoms with van der Waals surface area (Å²) in [6.45, 7) is 7.29. The highest BCUT2D eigenvalue weighted by Crippen LogP contribution is 2.43. The van der Waals surface area contributed by atoms with E-state index in [2.05, 4.69) is 26.8 Å². The molecule has 0 aromatic carbocycles. The van der Waals surface area contributed by atoms with Gasteiger partial charge in [0, 0.05) is 0 Å². The van der Waals surface area contributed by atoms with Gasteiger partial charge in [0.2, 0.25) is 0 Å². The Morgan fingerprint density at radius 1 is 1.16 bits per heavy atom. The summed E-state index contributed by atoms with van der Waals surface area (Å²) >= 11 is 0. The van der Waals surface area contributed by atoms with Crippen LogP contribution >= 0.6 is 0 Å². The second-order valence-electron chi connectivity index (χ2n) is 7.43. The van der Waals surface area contributed by atoms with Crippen molar-refractivity contribution in [2.75, 3.05) is 0 Å². The van der Waals surface area contributed by atoms with Crippen LogP contribution in [0.2, 0.25) is 0 Å². The van der Waals surface area contributed by atoms with Crippen LogP contribution in [0.25, 0.3) is 0 Å². The molecular weight excluding hydrogens is 228 g/mol. The van der Waals surface area contributed by atoms with E-state index >= 15 is 0 Å². The molecular formula is C19H34. The van der Waals surface area contributed by atoms with Gasteiger partial charge in [-0.15, -0.1) is 0 Å². The van der Waals surface area contributed by atoms with Gasteiger partial charge >= 0.3 is 0 Å². The van der Waals surface area contributed by atoms with Gasteiger partial charge in [0.25, 0.3) is 0 Å². The lowest BCUT2D eigenvalue weighted by Gasteiger charge is -2.39. The lowest BCUT2D eigenvalue weighted by Crippen LogP contribution is -2.28. The van der Waals surface area contributed by atoms with E-state index in [0.717, 1.165) is 23.7 Å². The van der Waals surface area contributed by atoms with Gasteiger partial charge in [-0.1, -0.05) is 64.5 Å². The summed E-state index contributed by atoms with van der Waals surface area (Å²) in [5.74, 6) is 3.96. The molecule has 1 fully saturated rings. The van der Waals surface area contributed by atoms with Gasteiger partial charge in [-0.05, 0) is 55.8 Å². The third-order valence-corrected chi connectivity index (χ3v) is 5.68. The Hall–Kier alpha value is -0.260. The lowest BCUT2D eigenvalue weighted by atomic mass is 9.67. The number of hydrogen-bond donors (Lipinski definition) is 0. The Balaban J connectivity index is 1.84. The monoisotopic (exact) mass is 262 g/mol. The smallest absolute Gasteiger partial charge is 0.0292 e. The molecule has 2 rings (SSSR count). The molecule has 0 bridgehead atoms. The fourth-order valence-electron chi connectivity index (χ4n) is 4.52. The van der Waals surface area contributed by atoms with Crippen molar-refractivity contribution < 1.29 is 0 Å². The third-order valence-electron chi connectivity index (χ3n) is 5.68. The minimum atomic E-state index is 0.942. The number of rotatable bonds is 5. The summed E-state index contributed by atoms with van der Waals surface area (Å²) in [5, 5.41) is 0. The van der Waals surface area contributed by atoms with Gasteiger partial charge in [-0.2, -0.15) is 0 Å². The van der Waals surface area contributed by atoms with E-state index in [1.165, 1.54) is 64.2 Å². The Morgan fingerprint density at radius 2 is 2.00 bits per heavy atom. The average Bonchev–Trinajstić information content (AvgIpc) is 2.39. The summed E-state index contributed by atoms with van der Waals surface area (Å²) in [7, 11) is 0. The standard InChI is InChI=1S/C19H34/c1-4-5-6-9-17-11-12-19(16(3)14-17)18-10-7-8-15(2)13-18/h11,15-16,18-19H,4-10,12-14H2,1-3H3. The molecule has 2 aliphatic carbocycles. The van der Waals surface area contributed by atoms with Crippen LogP contribution in [0, 0.1) is 23.7 Å². The zero-order valence-corrected chi connectivity index (χ0v) is 13.5. The Bertz CT molecular complexity index is 288. The van der Waals surface area contributed by atoms with Crippen molar-refractivity contribution in [2.24, 2.45) is 23.7 Å². The molecule has 0 aromatic heterocycles. The Kier molecular flexibility index (Phi) is 5.98. The van der Waals surface area contributed by atoms with Crippen molar-refractivity contribution in [1.29, 1.82) is 0 Å². The fraction of sp³-hybridized carbons (Fsp3) is 0.895. The average molecular weight is 262 g/mol.